The summed E-state index contributed by atoms with van der Waals surface area (Å²) in [5.74, 6) is -0.106. The highest BCUT2D eigenvalue weighted by Gasteiger charge is 2.22. The lowest BCUT2D eigenvalue weighted by Gasteiger charge is -1.90. The molecule has 1 N–H and O–H groups in total. The number of amides is 1. The van der Waals surface area contributed by atoms with E-state index in [0.717, 1.165) is 5.56 Å². The maximum atomic E-state index is 11.6. The smallest absolute Gasteiger partial charge is 0.264 e. The second-order valence-electron chi connectivity index (χ2n) is 3.79. The second-order valence-corrected chi connectivity index (χ2v) is 4.82. The molecule has 1 aromatic rings. The molecule has 1 aromatic carbocycles. The molecule has 1 fully saturated rings. The lowest BCUT2D eigenvalue weighted by Crippen LogP contribution is -2.19. The summed E-state index contributed by atoms with van der Waals surface area (Å²) in [7, 11) is 0. The van der Waals surface area contributed by atoms with Crippen molar-refractivity contribution >= 4 is 28.9 Å². The fourth-order valence-electron chi connectivity index (χ4n) is 1.47. The van der Waals surface area contributed by atoms with E-state index in [-0.39, 0.29) is 5.91 Å². The molecular formula is C15H14N2OS. The molecule has 0 aliphatic carbocycles. The Morgan fingerprint density at radius 3 is 2.84 bits per heavy atom. The largest absolute Gasteiger partial charge is 0.301 e. The number of rotatable bonds is 4. The molecule has 0 spiro atoms. The van der Waals surface area contributed by atoms with Gasteiger partial charge in [-0.15, -0.1) is 6.58 Å². The van der Waals surface area contributed by atoms with Crippen LogP contribution in [0.3, 0.4) is 0 Å². The molecule has 0 atom stereocenters. The Labute approximate surface area is 116 Å². The average molecular weight is 270 g/mol. The number of amidine groups is 1. The van der Waals surface area contributed by atoms with E-state index < -0.39 is 0 Å². The molecule has 2 rings (SSSR count). The summed E-state index contributed by atoms with van der Waals surface area (Å²) in [5, 5.41) is 3.34. The molecule has 1 heterocycles. The van der Waals surface area contributed by atoms with Gasteiger partial charge in [0.25, 0.3) is 5.91 Å². The number of carbonyl (C=O) groups is 1. The number of hydrogen-bond donors (Lipinski definition) is 1. The standard InChI is InChI=1S/C15H14N2OS/c1-2-11-16-15-17-14(18)13(19-15)10-6-9-12-7-4-3-5-8-12/h2-10H,1,11H2,(H,16,17,18)/b9-6-,13-10-. The molecule has 0 bridgehead atoms. The van der Waals surface area contributed by atoms with Crippen LogP contribution < -0.4 is 5.32 Å². The van der Waals surface area contributed by atoms with E-state index in [4.69, 9.17) is 0 Å². The monoisotopic (exact) mass is 270 g/mol. The second kappa shape index (κ2) is 6.75. The van der Waals surface area contributed by atoms with E-state index >= 15 is 0 Å². The van der Waals surface area contributed by atoms with Gasteiger partial charge in [0.1, 0.15) is 0 Å². The first kappa shape index (κ1) is 13.4. The fraction of sp³-hybridized carbons (Fsp3) is 0.0667. The molecule has 0 unspecified atom stereocenters. The van der Waals surface area contributed by atoms with Crippen LogP contribution in [-0.2, 0) is 4.79 Å². The summed E-state index contributed by atoms with van der Waals surface area (Å²) in [6, 6.07) is 9.94. The Hall–Kier alpha value is -2.07. The first-order chi connectivity index (χ1) is 9.29. The topological polar surface area (TPSA) is 41.5 Å². The van der Waals surface area contributed by atoms with Crippen molar-refractivity contribution in [1.29, 1.82) is 0 Å². The summed E-state index contributed by atoms with van der Waals surface area (Å²) in [4.78, 5) is 16.5. The maximum absolute atomic E-state index is 11.6. The van der Waals surface area contributed by atoms with Crippen LogP contribution in [0.1, 0.15) is 5.56 Å². The van der Waals surface area contributed by atoms with Gasteiger partial charge in [-0.1, -0.05) is 48.6 Å². The van der Waals surface area contributed by atoms with Crippen LogP contribution in [0.5, 0.6) is 0 Å². The molecule has 3 nitrogen and oxygen atoms in total. The van der Waals surface area contributed by atoms with Gasteiger partial charge in [-0.3, -0.25) is 9.79 Å². The normalized spacial score (nSPS) is 19.3. The van der Waals surface area contributed by atoms with Crippen LogP contribution in [-0.4, -0.2) is 17.6 Å². The number of allylic oxidation sites excluding steroid dienone is 2. The minimum Gasteiger partial charge on any atom is -0.301 e. The number of hydrogen-bond acceptors (Lipinski definition) is 3. The van der Waals surface area contributed by atoms with Crippen LogP contribution in [0.4, 0.5) is 0 Å². The number of nitrogens with one attached hydrogen (secondary N) is 1. The quantitative estimate of drug-likeness (QED) is 0.675. The Morgan fingerprint density at radius 2 is 2.11 bits per heavy atom. The van der Waals surface area contributed by atoms with Crippen LogP contribution in [0.2, 0.25) is 0 Å². The Balaban J connectivity index is 2.02. The van der Waals surface area contributed by atoms with Gasteiger partial charge in [-0.05, 0) is 23.4 Å². The van der Waals surface area contributed by atoms with Gasteiger partial charge >= 0.3 is 0 Å². The molecule has 1 amide bonds. The summed E-state index contributed by atoms with van der Waals surface area (Å²) in [6.07, 6.45) is 7.31. The SMILES string of the molecule is C=CCN=C1NC(=O)/C(=C/C=C\c2ccccc2)S1. The van der Waals surface area contributed by atoms with Crippen LogP contribution >= 0.6 is 11.8 Å². The zero-order valence-corrected chi connectivity index (χ0v) is 11.2. The Bertz CT molecular complexity index is 559. The van der Waals surface area contributed by atoms with E-state index in [2.05, 4.69) is 16.9 Å². The van der Waals surface area contributed by atoms with E-state index in [1.807, 2.05) is 42.5 Å². The van der Waals surface area contributed by atoms with E-state index in [0.29, 0.717) is 16.6 Å². The lowest BCUT2D eigenvalue weighted by atomic mass is 10.2. The summed E-state index contributed by atoms with van der Waals surface area (Å²) >= 11 is 1.35. The predicted octanol–water partition coefficient (Wildman–Crippen LogP) is 2.99. The van der Waals surface area contributed by atoms with Crippen molar-refractivity contribution in [1.82, 2.24) is 5.32 Å². The first-order valence-electron chi connectivity index (χ1n) is 5.87. The van der Waals surface area contributed by atoms with E-state index in [1.165, 1.54) is 11.8 Å². The third kappa shape index (κ3) is 3.96. The molecule has 1 saturated heterocycles. The maximum Gasteiger partial charge on any atom is 0.264 e. The van der Waals surface area contributed by atoms with Gasteiger partial charge in [0.15, 0.2) is 5.17 Å². The molecule has 0 radical (unpaired) electrons. The van der Waals surface area contributed by atoms with Crippen molar-refractivity contribution in [2.45, 2.75) is 0 Å². The van der Waals surface area contributed by atoms with Crippen molar-refractivity contribution in [3.63, 3.8) is 0 Å². The minimum absolute atomic E-state index is 0.106. The molecule has 19 heavy (non-hydrogen) atoms. The van der Waals surface area contributed by atoms with Crippen molar-refractivity contribution in [2.75, 3.05) is 6.54 Å². The third-order valence-electron chi connectivity index (χ3n) is 2.35. The molecule has 1 aliphatic rings. The van der Waals surface area contributed by atoms with Gasteiger partial charge in [-0.2, -0.15) is 0 Å². The van der Waals surface area contributed by atoms with Crippen LogP contribution in [0.25, 0.3) is 6.08 Å². The highest BCUT2D eigenvalue weighted by atomic mass is 32.2. The molecule has 4 heteroatoms. The van der Waals surface area contributed by atoms with Crippen molar-refractivity contribution in [3.05, 3.63) is 65.6 Å². The summed E-state index contributed by atoms with van der Waals surface area (Å²) < 4.78 is 0. The summed E-state index contributed by atoms with van der Waals surface area (Å²) in [5.41, 5.74) is 1.10. The predicted molar refractivity (Wildman–Crippen MR) is 81.8 cm³/mol. The van der Waals surface area contributed by atoms with E-state index in [1.54, 1.807) is 12.2 Å². The molecule has 0 saturated carbocycles. The van der Waals surface area contributed by atoms with Gasteiger partial charge in [0.2, 0.25) is 0 Å². The Kier molecular flexibility index (Phi) is 4.75. The molecular weight excluding hydrogens is 256 g/mol. The number of nitrogens with zero attached hydrogens (tertiary/aromatic N) is 1. The fourth-order valence-corrected chi connectivity index (χ4v) is 2.26. The number of aliphatic imine (C=N–C) groups is 1. The lowest BCUT2D eigenvalue weighted by molar-refractivity contribution is -0.115. The van der Waals surface area contributed by atoms with E-state index in [9.17, 15) is 4.79 Å². The molecule has 0 aromatic heterocycles. The number of carbonyl (C=O) groups excluding carboxylic acids is 1. The summed E-state index contributed by atoms with van der Waals surface area (Å²) in [6.45, 7) is 4.10. The zero-order valence-electron chi connectivity index (χ0n) is 10.4. The molecule has 96 valence electrons. The zero-order chi connectivity index (χ0) is 13.5. The Morgan fingerprint density at radius 1 is 1.32 bits per heavy atom. The average Bonchev–Trinajstić information content (AvgIpc) is 2.78. The highest BCUT2D eigenvalue weighted by molar-refractivity contribution is 8.18. The van der Waals surface area contributed by atoms with Crippen molar-refractivity contribution < 1.29 is 4.79 Å². The minimum atomic E-state index is -0.106. The number of thioether (sulfide) groups is 1. The third-order valence-corrected chi connectivity index (χ3v) is 3.32. The van der Waals surface area contributed by atoms with Gasteiger partial charge in [0.05, 0.1) is 11.4 Å². The van der Waals surface area contributed by atoms with Crippen molar-refractivity contribution in [3.8, 4) is 0 Å². The van der Waals surface area contributed by atoms with Gasteiger partial charge in [0, 0.05) is 0 Å². The first-order valence-corrected chi connectivity index (χ1v) is 6.69. The number of benzene rings is 1. The van der Waals surface area contributed by atoms with Crippen LogP contribution in [0.15, 0.2) is 65.0 Å². The highest BCUT2D eigenvalue weighted by Crippen LogP contribution is 2.23. The molecule has 1 aliphatic heterocycles. The van der Waals surface area contributed by atoms with Gasteiger partial charge in [-0.25, -0.2) is 0 Å². The van der Waals surface area contributed by atoms with Crippen molar-refractivity contribution in [2.24, 2.45) is 4.99 Å². The van der Waals surface area contributed by atoms with Gasteiger partial charge < -0.3 is 5.32 Å². The van der Waals surface area contributed by atoms with Crippen LogP contribution in [0, 0.1) is 0 Å².